The molecule has 1 saturated carbocycles. The summed E-state index contributed by atoms with van der Waals surface area (Å²) < 4.78 is 0. The second-order valence-electron chi connectivity index (χ2n) is 5.51. The minimum absolute atomic E-state index is 0.269. The number of aliphatic imine (C=N–C) groups is 1. The van der Waals surface area contributed by atoms with Crippen molar-refractivity contribution in [1.29, 1.82) is 0 Å². The summed E-state index contributed by atoms with van der Waals surface area (Å²) in [5.41, 5.74) is 4.13. The summed E-state index contributed by atoms with van der Waals surface area (Å²) in [6.45, 7) is 4.33. The smallest absolute Gasteiger partial charge is 0.161 e. The van der Waals surface area contributed by atoms with Gasteiger partial charge in [-0.15, -0.1) is 0 Å². The highest BCUT2D eigenvalue weighted by Crippen LogP contribution is 2.41. The summed E-state index contributed by atoms with van der Waals surface area (Å²) in [5, 5.41) is 4.63. The van der Waals surface area contributed by atoms with Gasteiger partial charge in [0, 0.05) is 11.4 Å². The summed E-state index contributed by atoms with van der Waals surface area (Å²) in [4.78, 5) is 4.95. The zero-order chi connectivity index (χ0) is 12.6. The number of nitrogens with one attached hydrogen (secondary N) is 1. The van der Waals surface area contributed by atoms with Crippen LogP contribution in [0.2, 0.25) is 0 Å². The predicted octanol–water partition coefficient (Wildman–Crippen LogP) is 4.13. The van der Waals surface area contributed by atoms with E-state index < -0.39 is 0 Å². The first-order chi connectivity index (χ1) is 8.69. The van der Waals surface area contributed by atoms with Crippen molar-refractivity contribution in [2.24, 2.45) is 4.99 Å². The maximum absolute atomic E-state index is 4.95. The van der Waals surface area contributed by atoms with Crippen molar-refractivity contribution in [1.82, 2.24) is 0 Å². The highest BCUT2D eigenvalue weighted by Gasteiger charge is 2.38. The topological polar surface area (TPSA) is 24.4 Å². The summed E-state index contributed by atoms with van der Waals surface area (Å²) in [7, 11) is 0. The molecule has 1 fully saturated rings. The van der Waals surface area contributed by atoms with Crippen LogP contribution in [0.25, 0.3) is 0 Å². The molecule has 18 heavy (non-hydrogen) atoms. The molecule has 0 unspecified atom stereocenters. The van der Waals surface area contributed by atoms with E-state index in [1.807, 2.05) is 11.8 Å². The van der Waals surface area contributed by atoms with Gasteiger partial charge in [0.1, 0.15) is 0 Å². The number of amidine groups is 1. The molecule has 1 N–H and O–H groups in total. The summed E-state index contributed by atoms with van der Waals surface area (Å²) in [6, 6.07) is 6.41. The first kappa shape index (κ1) is 12.1. The van der Waals surface area contributed by atoms with E-state index in [1.165, 1.54) is 48.3 Å². The molecule has 1 aromatic carbocycles. The van der Waals surface area contributed by atoms with Gasteiger partial charge in [0.05, 0.1) is 5.54 Å². The Morgan fingerprint density at radius 3 is 2.78 bits per heavy atom. The van der Waals surface area contributed by atoms with Crippen molar-refractivity contribution in [3.63, 3.8) is 0 Å². The second kappa shape index (κ2) is 4.61. The number of nitrogens with zero attached hydrogens (tertiary/aromatic N) is 1. The third kappa shape index (κ3) is 2.16. The van der Waals surface area contributed by atoms with Gasteiger partial charge in [-0.2, -0.15) is 0 Å². The second-order valence-corrected chi connectivity index (χ2v) is 6.47. The standard InChI is InChI=1S/C15H20N2S/c1-11-6-5-7-13(12(11)2)16-14-17-15(10-18-14)8-3-4-9-15/h5-7H,3-4,8-10H2,1-2H3,(H,16,17). The lowest BCUT2D eigenvalue weighted by molar-refractivity contribution is 0.508. The van der Waals surface area contributed by atoms with E-state index >= 15 is 0 Å². The van der Waals surface area contributed by atoms with E-state index in [9.17, 15) is 0 Å². The van der Waals surface area contributed by atoms with Crippen LogP contribution in [0.4, 0.5) is 5.69 Å². The molecular formula is C15H20N2S. The Labute approximate surface area is 113 Å². The summed E-state index contributed by atoms with van der Waals surface area (Å²) in [5.74, 6) is 1.17. The van der Waals surface area contributed by atoms with E-state index in [-0.39, 0.29) is 5.54 Å². The highest BCUT2D eigenvalue weighted by molar-refractivity contribution is 8.14. The van der Waals surface area contributed by atoms with Crippen LogP contribution in [0.5, 0.6) is 0 Å². The van der Waals surface area contributed by atoms with Gasteiger partial charge in [0.15, 0.2) is 5.17 Å². The Bertz CT molecular complexity index is 487. The number of thioether (sulfide) groups is 1. The number of rotatable bonds is 1. The van der Waals surface area contributed by atoms with Crippen LogP contribution in [0.3, 0.4) is 0 Å². The highest BCUT2D eigenvalue weighted by atomic mass is 32.2. The monoisotopic (exact) mass is 260 g/mol. The van der Waals surface area contributed by atoms with Gasteiger partial charge < -0.3 is 5.32 Å². The van der Waals surface area contributed by atoms with Crippen molar-refractivity contribution in [3.8, 4) is 0 Å². The van der Waals surface area contributed by atoms with Crippen LogP contribution < -0.4 is 5.32 Å². The van der Waals surface area contributed by atoms with E-state index in [0.717, 1.165) is 5.17 Å². The summed E-state index contributed by atoms with van der Waals surface area (Å²) >= 11 is 1.89. The average Bonchev–Trinajstić information content (AvgIpc) is 2.97. The quantitative estimate of drug-likeness (QED) is 0.821. The van der Waals surface area contributed by atoms with Crippen LogP contribution in [0.1, 0.15) is 36.8 Å². The molecule has 1 spiro atoms. The molecular weight excluding hydrogens is 240 g/mol. The fourth-order valence-electron chi connectivity index (χ4n) is 2.84. The first-order valence-corrected chi connectivity index (χ1v) is 7.73. The molecule has 3 heteroatoms. The lowest BCUT2D eigenvalue weighted by Gasteiger charge is -2.16. The van der Waals surface area contributed by atoms with E-state index in [2.05, 4.69) is 37.4 Å². The molecule has 2 aliphatic rings. The van der Waals surface area contributed by atoms with Gasteiger partial charge in [-0.25, -0.2) is 0 Å². The van der Waals surface area contributed by atoms with E-state index in [4.69, 9.17) is 4.99 Å². The maximum atomic E-state index is 4.95. The third-order valence-corrected chi connectivity index (χ3v) is 5.35. The number of hydrogen-bond donors (Lipinski definition) is 1. The zero-order valence-corrected chi connectivity index (χ0v) is 11.9. The Hall–Kier alpha value is -0.960. The van der Waals surface area contributed by atoms with Crippen molar-refractivity contribution in [3.05, 3.63) is 29.3 Å². The molecule has 1 aliphatic carbocycles. The molecule has 96 valence electrons. The molecule has 0 aromatic heterocycles. The molecule has 0 amide bonds. The van der Waals surface area contributed by atoms with Crippen LogP contribution in [-0.2, 0) is 0 Å². The van der Waals surface area contributed by atoms with Gasteiger partial charge in [-0.3, -0.25) is 4.99 Å². The fraction of sp³-hybridized carbons (Fsp3) is 0.533. The van der Waals surface area contributed by atoms with Gasteiger partial charge in [0.2, 0.25) is 0 Å². The number of hydrogen-bond acceptors (Lipinski definition) is 3. The molecule has 0 bridgehead atoms. The minimum atomic E-state index is 0.269. The van der Waals surface area contributed by atoms with Crippen LogP contribution in [0.15, 0.2) is 23.2 Å². The number of anilines is 1. The average molecular weight is 260 g/mol. The molecule has 1 heterocycles. The molecule has 0 atom stereocenters. The first-order valence-electron chi connectivity index (χ1n) is 6.74. The largest absolute Gasteiger partial charge is 0.335 e. The number of aryl methyl sites for hydroxylation is 1. The number of benzene rings is 1. The Kier molecular flexibility index (Phi) is 3.10. The molecule has 1 aliphatic heterocycles. The Balaban J connectivity index is 1.79. The zero-order valence-electron chi connectivity index (χ0n) is 11.1. The van der Waals surface area contributed by atoms with E-state index in [1.54, 1.807) is 0 Å². The molecule has 0 saturated heterocycles. The third-order valence-electron chi connectivity index (χ3n) is 4.20. The normalized spacial score (nSPS) is 21.3. The molecule has 1 aromatic rings. The predicted molar refractivity (Wildman–Crippen MR) is 80.6 cm³/mol. The molecule has 3 rings (SSSR count). The SMILES string of the molecule is Cc1cccc(NC2=NC3(CCCC3)CS2)c1C. The van der Waals surface area contributed by atoms with Gasteiger partial charge in [0.25, 0.3) is 0 Å². The van der Waals surface area contributed by atoms with Gasteiger partial charge in [-0.1, -0.05) is 36.7 Å². The minimum Gasteiger partial charge on any atom is -0.335 e. The Morgan fingerprint density at radius 2 is 2.00 bits per heavy atom. The van der Waals surface area contributed by atoms with Crippen molar-refractivity contribution < 1.29 is 0 Å². The molecule has 0 radical (unpaired) electrons. The van der Waals surface area contributed by atoms with Crippen molar-refractivity contribution in [2.75, 3.05) is 11.1 Å². The van der Waals surface area contributed by atoms with E-state index in [0.29, 0.717) is 0 Å². The molecule has 2 nitrogen and oxygen atoms in total. The Morgan fingerprint density at radius 1 is 1.22 bits per heavy atom. The lowest BCUT2D eigenvalue weighted by Crippen LogP contribution is -2.21. The van der Waals surface area contributed by atoms with Crippen LogP contribution >= 0.6 is 11.8 Å². The lowest BCUT2D eigenvalue weighted by atomic mass is 10.0. The summed E-state index contributed by atoms with van der Waals surface area (Å²) in [6.07, 6.45) is 5.25. The van der Waals surface area contributed by atoms with Crippen LogP contribution in [0, 0.1) is 13.8 Å². The van der Waals surface area contributed by atoms with Crippen molar-refractivity contribution >= 4 is 22.6 Å². The van der Waals surface area contributed by atoms with Gasteiger partial charge >= 0.3 is 0 Å². The van der Waals surface area contributed by atoms with Gasteiger partial charge in [-0.05, 0) is 43.9 Å². The fourth-order valence-corrected chi connectivity index (χ4v) is 4.04. The van der Waals surface area contributed by atoms with Crippen LogP contribution in [-0.4, -0.2) is 16.5 Å². The van der Waals surface area contributed by atoms with Crippen molar-refractivity contribution in [2.45, 2.75) is 45.1 Å². The maximum Gasteiger partial charge on any atom is 0.161 e.